The zero-order chi connectivity index (χ0) is 11.5. The standard InChI is InChI=1S/C10H17NO4/c1-4-5-11-9(13)8-7(6-12)14-10(2,3)15-8/h4,7-8,12H,1,5-6H2,2-3H3,(H,11,13)/t7-,8-/m1/s1. The number of aliphatic hydroxyl groups excluding tert-OH is 1. The predicted octanol–water partition coefficient (Wildman–Crippen LogP) is -0.199. The SMILES string of the molecule is C=CCNC(=O)[C@@H]1OC(C)(C)O[C@@H]1CO. The first-order chi connectivity index (χ1) is 7.00. The van der Waals surface area contributed by atoms with Crippen molar-refractivity contribution in [3.8, 4) is 0 Å². The van der Waals surface area contributed by atoms with Crippen molar-refractivity contribution in [2.24, 2.45) is 0 Å². The Labute approximate surface area is 89.1 Å². The molecule has 5 nitrogen and oxygen atoms in total. The second-order valence-electron chi connectivity index (χ2n) is 3.81. The number of carbonyl (C=O) groups excluding carboxylic acids is 1. The van der Waals surface area contributed by atoms with Crippen LogP contribution in [0.15, 0.2) is 12.7 Å². The minimum atomic E-state index is -0.830. The van der Waals surface area contributed by atoms with E-state index in [1.54, 1.807) is 19.9 Å². The number of amides is 1. The van der Waals surface area contributed by atoms with Crippen molar-refractivity contribution in [1.29, 1.82) is 0 Å². The van der Waals surface area contributed by atoms with Crippen molar-refractivity contribution in [2.45, 2.75) is 31.8 Å². The Morgan fingerprint density at radius 3 is 2.80 bits per heavy atom. The van der Waals surface area contributed by atoms with Gasteiger partial charge in [0.2, 0.25) is 0 Å². The van der Waals surface area contributed by atoms with Crippen molar-refractivity contribution in [1.82, 2.24) is 5.32 Å². The zero-order valence-corrected chi connectivity index (χ0v) is 9.03. The second-order valence-corrected chi connectivity index (χ2v) is 3.81. The number of aliphatic hydroxyl groups is 1. The first kappa shape index (κ1) is 12.2. The fourth-order valence-corrected chi connectivity index (χ4v) is 1.46. The van der Waals surface area contributed by atoms with Crippen molar-refractivity contribution in [3.05, 3.63) is 12.7 Å². The third-order valence-electron chi connectivity index (χ3n) is 2.04. The van der Waals surface area contributed by atoms with Gasteiger partial charge < -0.3 is 19.9 Å². The lowest BCUT2D eigenvalue weighted by molar-refractivity contribution is -0.157. The Morgan fingerprint density at radius 1 is 1.60 bits per heavy atom. The average molecular weight is 215 g/mol. The van der Waals surface area contributed by atoms with Crippen LogP contribution in [0.2, 0.25) is 0 Å². The Bertz CT molecular complexity index is 252. The summed E-state index contributed by atoms with van der Waals surface area (Å²) in [6.07, 6.45) is 0.210. The van der Waals surface area contributed by atoms with Gasteiger partial charge in [-0.05, 0) is 13.8 Å². The molecule has 86 valence electrons. The summed E-state index contributed by atoms with van der Waals surface area (Å²) < 4.78 is 10.7. The van der Waals surface area contributed by atoms with E-state index in [2.05, 4.69) is 11.9 Å². The van der Waals surface area contributed by atoms with Crippen LogP contribution in [-0.4, -0.2) is 42.2 Å². The molecule has 1 heterocycles. The van der Waals surface area contributed by atoms with E-state index in [1.165, 1.54) is 0 Å². The Morgan fingerprint density at radius 2 is 2.27 bits per heavy atom. The van der Waals surface area contributed by atoms with Crippen LogP contribution in [0.4, 0.5) is 0 Å². The molecule has 1 saturated heterocycles. The van der Waals surface area contributed by atoms with Crippen LogP contribution in [0.25, 0.3) is 0 Å². The van der Waals surface area contributed by atoms with Crippen molar-refractivity contribution < 1.29 is 19.4 Å². The van der Waals surface area contributed by atoms with Gasteiger partial charge in [0.05, 0.1) is 6.61 Å². The molecule has 0 aromatic rings. The molecule has 0 aromatic carbocycles. The number of hydrogen-bond donors (Lipinski definition) is 2. The van der Waals surface area contributed by atoms with Gasteiger partial charge in [0.15, 0.2) is 11.9 Å². The molecule has 0 unspecified atom stereocenters. The van der Waals surface area contributed by atoms with E-state index in [0.717, 1.165) is 0 Å². The summed E-state index contributed by atoms with van der Waals surface area (Å²) in [6.45, 7) is 7.03. The van der Waals surface area contributed by atoms with Crippen LogP contribution in [0, 0.1) is 0 Å². The topological polar surface area (TPSA) is 67.8 Å². The minimum Gasteiger partial charge on any atom is -0.394 e. The van der Waals surface area contributed by atoms with Gasteiger partial charge in [0.25, 0.3) is 5.91 Å². The molecule has 0 aromatic heterocycles. The summed E-state index contributed by atoms with van der Waals surface area (Å²) in [4.78, 5) is 11.6. The Balaban J connectivity index is 2.59. The summed E-state index contributed by atoms with van der Waals surface area (Å²) in [5, 5.41) is 11.6. The smallest absolute Gasteiger partial charge is 0.252 e. The minimum absolute atomic E-state index is 0.240. The van der Waals surface area contributed by atoms with Crippen molar-refractivity contribution >= 4 is 5.91 Å². The van der Waals surface area contributed by atoms with E-state index >= 15 is 0 Å². The number of ether oxygens (including phenoxy) is 2. The molecular formula is C10H17NO4. The molecule has 0 radical (unpaired) electrons. The maximum Gasteiger partial charge on any atom is 0.252 e. The average Bonchev–Trinajstić information content (AvgIpc) is 2.50. The highest BCUT2D eigenvalue weighted by Crippen LogP contribution is 2.27. The third-order valence-corrected chi connectivity index (χ3v) is 2.04. The second kappa shape index (κ2) is 4.74. The normalized spacial score (nSPS) is 28.7. The largest absolute Gasteiger partial charge is 0.394 e. The molecule has 1 amide bonds. The maximum atomic E-state index is 11.6. The monoisotopic (exact) mass is 215 g/mol. The first-order valence-electron chi connectivity index (χ1n) is 4.85. The third kappa shape index (κ3) is 3.02. The van der Waals surface area contributed by atoms with Crippen molar-refractivity contribution in [2.75, 3.05) is 13.2 Å². The van der Waals surface area contributed by atoms with Crippen LogP contribution in [-0.2, 0) is 14.3 Å². The van der Waals surface area contributed by atoms with E-state index in [4.69, 9.17) is 14.6 Å². The molecule has 5 heteroatoms. The fraction of sp³-hybridized carbons (Fsp3) is 0.700. The number of hydrogen-bond acceptors (Lipinski definition) is 4. The predicted molar refractivity (Wildman–Crippen MR) is 54.1 cm³/mol. The van der Waals surface area contributed by atoms with Crippen LogP contribution >= 0.6 is 0 Å². The van der Waals surface area contributed by atoms with Gasteiger partial charge in [-0.15, -0.1) is 6.58 Å². The van der Waals surface area contributed by atoms with Crippen LogP contribution in [0.3, 0.4) is 0 Å². The zero-order valence-electron chi connectivity index (χ0n) is 9.03. The Hall–Kier alpha value is -0.910. The summed E-state index contributed by atoms with van der Waals surface area (Å²) in [5.41, 5.74) is 0. The van der Waals surface area contributed by atoms with E-state index in [0.29, 0.717) is 6.54 Å². The maximum absolute atomic E-state index is 11.6. The highest BCUT2D eigenvalue weighted by Gasteiger charge is 2.44. The number of rotatable bonds is 4. The molecule has 15 heavy (non-hydrogen) atoms. The highest BCUT2D eigenvalue weighted by molar-refractivity contribution is 5.81. The summed E-state index contributed by atoms with van der Waals surface area (Å²) in [5.74, 6) is -1.12. The number of nitrogens with one attached hydrogen (secondary N) is 1. The summed E-state index contributed by atoms with van der Waals surface area (Å²) in [7, 11) is 0. The van der Waals surface area contributed by atoms with E-state index in [9.17, 15) is 4.79 Å². The molecular weight excluding hydrogens is 198 g/mol. The van der Waals surface area contributed by atoms with Gasteiger partial charge >= 0.3 is 0 Å². The van der Waals surface area contributed by atoms with Crippen LogP contribution < -0.4 is 5.32 Å². The van der Waals surface area contributed by atoms with Crippen LogP contribution in [0.1, 0.15) is 13.8 Å². The van der Waals surface area contributed by atoms with Gasteiger partial charge in [-0.3, -0.25) is 4.79 Å². The van der Waals surface area contributed by atoms with Gasteiger partial charge in [-0.1, -0.05) is 6.08 Å². The fourth-order valence-electron chi connectivity index (χ4n) is 1.46. The quantitative estimate of drug-likeness (QED) is 0.637. The Kier molecular flexibility index (Phi) is 3.84. The molecule has 0 aliphatic carbocycles. The van der Waals surface area contributed by atoms with Gasteiger partial charge in [-0.25, -0.2) is 0 Å². The number of carbonyl (C=O) groups is 1. The lowest BCUT2D eigenvalue weighted by Gasteiger charge is -2.16. The highest BCUT2D eigenvalue weighted by atomic mass is 16.8. The first-order valence-corrected chi connectivity index (χ1v) is 4.85. The van der Waals surface area contributed by atoms with Gasteiger partial charge in [-0.2, -0.15) is 0 Å². The molecule has 1 fully saturated rings. The lowest BCUT2D eigenvalue weighted by atomic mass is 10.2. The van der Waals surface area contributed by atoms with Gasteiger partial charge in [0, 0.05) is 6.54 Å². The molecule has 2 N–H and O–H groups in total. The van der Waals surface area contributed by atoms with E-state index < -0.39 is 18.0 Å². The van der Waals surface area contributed by atoms with E-state index in [-0.39, 0.29) is 12.5 Å². The summed E-state index contributed by atoms with van der Waals surface area (Å²) in [6, 6.07) is 0. The molecule has 1 rings (SSSR count). The summed E-state index contributed by atoms with van der Waals surface area (Å²) >= 11 is 0. The molecule has 0 saturated carbocycles. The van der Waals surface area contributed by atoms with E-state index in [1.807, 2.05) is 0 Å². The van der Waals surface area contributed by atoms with Gasteiger partial charge in [0.1, 0.15) is 6.10 Å². The van der Waals surface area contributed by atoms with Crippen LogP contribution in [0.5, 0.6) is 0 Å². The molecule has 1 aliphatic heterocycles. The molecule has 1 aliphatic rings. The molecule has 0 bridgehead atoms. The lowest BCUT2D eigenvalue weighted by Crippen LogP contribution is -2.42. The van der Waals surface area contributed by atoms with Crippen molar-refractivity contribution in [3.63, 3.8) is 0 Å². The molecule has 0 spiro atoms. The molecule has 2 atom stereocenters.